The van der Waals surface area contributed by atoms with Crippen LogP contribution in [0, 0.1) is 5.92 Å². The number of alkyl halides is 3. The highest BCUT2D eigenvalue weighted by Crippen LogP contribution is 2.53. The number of aromatic nitrogens is 1. The van der Waals surface area contributed by atoms with Crippen LogP contribution in [0.15, 0.2) is 46.8 Å². The van der Waals surface area contributed by atoms with Crippen molar-refractivity contribution in [3.05, 3.63) is 68.6 Å². The molecular formula is C31H33ClF3N3O4S2. The Morgan fingerprint density at radius 1 is 1.16 bits per heavy atom. The molecular weight excluding hydrogens is 635 g/mol. The predicted molar refractivity (Wildman–Crippen MR) is 169 cm³/mol. The third kappa shape index (κ3) is 6.67. The number of anilines is 1. The van der Waals surface area contributed by atoms with Gasteiger partial charge in [-0.2, -0.15) is 13.2 Å². The second-order valence-electron chi connectivity index (χ2n) is 10.6. The number of para-hydroxylation sites is 1. The Morgan fingerprint density at radius 3 is 2.66 bits per heavy atom. The van der Waals surface area contributed by atoms with Gasteiger partial charge in [0.15, 0.2) is 11.5 Å². The van der Waals surface area contributed by atoms with E-state index in [1.165, 1.54) is 28.0 Å². The van der Waals surface area contributed by atoms with Crippen LogP contribution >= 0.6 is 34.7 Å². The number of fused-ring (bicyclic) bond motifs is 3. The summed E-state index contributed by atoms with van der Waals surface area (Å²) in [6.07, 6.45) is -3.55. The first kappa shape index (κ1) is 32.4. The van der Waals surface area contributed by atoms with Crippen LogP contribution in [0.2, 0.25) is 5.02 Å². The van der Waals surface area contributed by atoms with Gasteiger partial charge in [0.2, 0.25) is 0 Å². The summed E-state index contributed by atoms with van der Waals surface area (Å²) < 4.78 is 61.0. The molecule has 4 atom stereocenters. The van der Waals surface area contributed by atoms with E-state index in [4.69, 9.17) is 35.8 Å². The number of esters is 1. The molecule has 0 bridgehead atoms. The monoisotopic (exact) mass is 667 g/mol. The highest BCUT2D eigenvalue weighted by atomic mass is 35.5. The van der Waals surface area contributed by atoms with Crippen LogP contribution in [0.3, 0.4) is 0 Å². The maximum atomic E-state index is 14.9. The largest absolute Gasteiger partial charge is 0.493 e. The van der Waals surface area contributed by atoms with E-state index in [0.717, 1.165) is 16.3 Å². The van der Waals surface area contributed by atoms with Gasteiger partial charge in [0.1, 0.15) is 11.9 Å². The van der Waals surface area contributed by atoms with E-state index in [2.05, 4.69) is 0 Å². The molecule has 2 aliphatic rings. The molecule has 0 N–H and O–H groups in total. The summed E-state index contributed by atoms with van der Waals surface area (Å²) in [6, 6.07) is 8.74. The minimum absolute atomic E-state index is 0.0474. The van der Waals surface area contributed by atoms with Crippen molar-refractivity contribution >= 4 is 52.2 Å². The number of aryl methyl sites for hydroxylation is 1. The van der Waals surface area contributed by atoms with Crippen molar-refractivity contribution in [1.82, 2.24) is 4.98 Å². The third-order valence-electron chi connectivity index (χ3n) is 7.63. The lowest BCUT2D eigenvalue weighted by Gasteiger charge is -2.42. The molecule has 0 saturated heterocycles. The maximum absolute atomic E-state index is 14.9. The van der Waals surface area contributed by atoms with Crippen molar-refractivity contribution < 1.29 is 32.2 Å². The van der Waals surface area contributed by atoms with Gasteiger partial charge in [-0.25, -0.2) is 4.98 Å². The minimum atomic E-state index is -4.51. The number of nitrogens with zero attached hydrogens (tertiary/aromatic N) is 3. The van der Waals surface area contributed by atoms with Gasteiger partial charge in [0.25, 0.3) is 0 Å². The zero-order valence-electron chi connectivity index (χ0n) is 24.7. The van der Waals surface area contributed by atoms with Gasteiger partial charge in [0, 0.05) is 47.0 Å². The average molecular weight is 668 g/mol. The van der Waals surface area contributed by atoms with Crippen LogP contribution in [-0.4, -0.2) is 61.6 Å². The molecule has 13 heteroatoms. The van der Waals surface area contributed by atoms with Gasteiger partial charge in [-0.05, 0) is 36.8 Å². The highest BCUT2D eigenvalue weighted by molar-refractivity contribution is 8.01. The van der Waals surface area contributed by atoms with Crippen molar-refractivity contribution in [2.75, 3.05) is 32.3 Å². The standard InChI is InChI=1S/C31H33ClF3N3O4S2/c1-5-42-26(39)12-10-19-16-43-25(37-19)14-24-30-36-15-17(2)29(31(33,34)35)38(30)22-11-9-18(32)13-21(22)28(44-24)20-7-6-8-23(40-3)27(20)41-4/h6-9,11,13,16-17,24,28-29H,5,10,12,14-15H2,1-4H3/t17?,24-,28-,29?/m1/s1. The predicted octanol–water partition coefficient (Wildman–Crippen LogP) is 7.54. The van der Waals surface area contributed by atoms with Crippen molar-refractivity contribution in [2.24, 2.45) is 10.9 Å². The van der Waals surface area contributed by atoms with Crippen molar-refractivity contribution in [3.8, 4) is 11.5 Å². The van der Waals surface area contributed by atoms with E-state index in [0.29, 0.717) is 53.1 Å². The number of rotatable bonds is 9. The molecule has 0 radical (unpaired) electrons. The van der Waals surface area contributed by atoms with Gasteiger partial charge < -0.3 is 19.1 Å². The van der Waals surface area contributed by atoms with Crippen LogP contribution in [0.4, 0.5) is 18.9 Å². The molecule has 2 aliphatic heterocycles. The lowest BCUT2D eigenvalue weighted by molar-refractivity contribution is -0.156. The molecule has 2 aromatic carbocycles. The van der Waals surface area contributed by atoms with Gasteiger partial charge >= 0.3 is 12.1 Å². The summed E-state index contributed by atoms with van der Waals surface area (Å²) in [5.41, 5.74) is 2.52. The number of carbonyl (C=O) groups excluding carboxylic acids is 1. The Bertz CT molecular complexity index is 1530. The van der Waals surface area contributed by atoms with Crippen molar-refractivity contribution in [2.45, 2.75) is 55.8 Å². The number of thioether (sulfide) groups is 1. The molecule has 0 fully saturated rings. The van der Waals surface area contributed by atoms with Crippen molar-refractivity contribution in [3.63, 3.8) is 0 Å². The fourth-order valence-electron chi connectivity index (χ4n) is 5.74. The molecule has 0 amide bonds. The Kier molecular flexibility index (Phi) is 10.0. The number of benzene rings is 2. The Labute approximate surface area is 267 Å². The normalized spacial score (nSPS) is 21.5. The zero-order valence-corrected chi connectivity index (χ0v) is 27.1. The molecule has 2 unspecified atom stereocenters. The molecule has 0 saturated carbocycles. The number of thiazole rings is 1. The summed E-state index contributed by atoms with van der Waals surface area (Å²) in [5.74, 6) is 0.289. The third-order valence-corrected chi connectivity index (χ3v) is 10.3. The number of hydrogen-bond acceptors (Lipinski definition) is 9. The average Bonchev–Trinajstić information content (AvgIpc) is 3.39. The number of ether oxygens (including phenoxy) is 3. The second-order valence-corrected chi connectivity index (χ2v) is 13.3. The number of aliphatic imine (C=N–C) groups is 1. The summed E-state index contributed by atoms with van der Waals surface area (Å²) in [4.78, 5) is 22.8. The fraction of sp³-hybridized carbons (Fsp3) is 0.452. The Balaban J connectivity index is 1.63. The second kappa shape index (κ2) is 13.6. The van der Waals surface area contributed by atoms with E-state index in [9.17, 15) is 18.0 Å². The minimum Gasteiger partial charge on any atom is -0.493 e. The molecule has 44 heavy (non-hydrogen) atoms. The quantitative estimate of drug-likeness (QED) is 0.218. The van der Waals surface area contributed by atoms with Gasteiger partial charge in [-0.3, -0.25) is 9.79 Å². The molecule has 0 aliphatic carbocycles. The Hall–Kier alpha value is -2.96. The van der Waals surface area contributed by atoms with E-state index in [1.54, 1.807) is 52.3 Å². The van der Waals surface area contributed by atoms with E-state index in [1.807, 2.05) is 17.5 Å². The number of halogens is 4. The summed E-state index contributed by atoms with van der Waals surface area (Å²) >= 11 is 9.42. The van der Waals surface area contributed by atoms with Gasteiger partial charge in [-0.15, -0.1) is 23.1 Å². The first-order chi connectivity index (χ1) is 21.0. The molecule has 3 aromatic rings. The first-order valence-corrected chi connectivity index (χ1v) is 16.4. The highest BCUT2D eigenvalue weighted by Gasteiger charge is 2.53. The fourth-order valence-corrected chi connectivity index (χ4v) is 8.46. The van der Waals surface area contributed by atoms with Crippen molar-refractivity contribution in [1.29, 1.82) is 0 Å². The summed E-state index contributed by atoms with van der Waals surface area (Å²) in [7, 11) is 3.09. The van der Waals surface area contributed by atoms with Gasteiger partial charge in [-0.1, -0.05) is 30.7 Å². The topological polar surface area (TPSA) is 73.2 Å². The molecule has 0 spiro atoms. The van der Waals surface area contributed by atoms with Crippen LogP contribution in [0.1, 0.15) is 47.3 Å². The zero-order chi connectivity index (χ0) is 31.6. The number of amidine groups is 1. The summed E-state index contributed by atoms with van der Waals surface area (Å²) in [6.45, 7) is 3.69. The molecule has 236 valence electrons. The first-order valence-electron chi connectivity index (χ1n) is 14.2. The van der Waals surface area contributed by atoms with Crippen LogP contribution < -0.4 is 14.4 Å². The van der Waals surface area contributed by atoms with Crippen LogP contribution in [0.25, 0.3) is 0 Å². The van der Waals surface area contributed by atoms with E-state index in [-0.39, 0.29) is 18.9 Å². The summed E-state index contributed by atoms with van der Waals surface area (Å²) in [5, 5.41) is 2.07. The molecule has 7 nitrogen and oxygen atoms in total. The molecule has 3 heterocycles. The smallest absolute Gasteiger partial charge is 0.409 e. The van der Waals surface area contributed by atoms with E-state index >= 15 is 0 Å². The van der Waals surface area contributed by atoms with Gasteiger partial charge in [0.05, 0.1) is 48.4 Å². The SMILES string of the molecule is CCOC(=O)CCc1csc(C[C@H]2S[C@H](c3cccc(OC)c3OC)c3cc(Cl)ccc3N3C2=NCC(C)C3C(F)(F)F)n1. The maximum Gasteiger partial charge on any atom is 0.409 e. The van der Waals surface area contributed by atoms with E-state index < -0.39 is 28.6 Å². The lowest BCUT2D eigenvalue weighted by Crippen LogP contribution is -2.58. The van der Waals surface area contributed by atoms with Crippen LogP contribution in [0.5, 0.6) is 11.5 Å². The Morgan fingerprint density at radius 2 is 1.95 bits per heavy atom. The number of carbonyl (C=O) groups is 1. The lowest BCUT2D eigenvalue weighted by atomic mass is 9.93. The molecule has 5 rings (SSSR count). The van der Waals surface area contributed by atoms with Crippen LogP contribution in [-0.2, 0) is 22.4 Å². The number of methoxy groups -OCH3 is 2. The number of hydrogen-bond donors (Lipinski definition) is 0. The molecule has 1 aromatic heterocycles.